The molecular weight excluding hydrogens is 430 g/mol. The maximum atomic E-state index is 13.8. The molecule has 2 N–H and O–H groups in total. The minimum atomic E-state index is -0.696. The third-order valence-corrected chi connectivity index (χ3v) is 5.77. The molecule has 2 aromatic carbocycles. The van der Waals surface area contributed by atoms with E-state index in [-0.39, 0.29) is 17.0 Å². The topological polar surface area (TPSA) is 99.5 Å². The lowest BCUT2D eigenvalue weighted by Crippen LogP contribution is -2.33. The lowest BCUT2D eigenvalue weighted by Gasteiger charge is -2.28. The number of nitriles is 1. The van der Waals surface area contributed by atoms with Crippen molar-refractivity contribution in [2.45, 2.75) is 33.2 Å². The number of nitrogens with two attached hydrogens (primary N) is 1. The molecule has 0 radical (unpaired) electrons. The van der Waals surface area contributed by atoms with Crippen LogP contribution in [0.3, 0.4) is 0 Å². The zero-order chi connectivity index (χ0) is 24.2. The highest BCUT2D eigenvalue weighted by Gasteiger charge is 2.35. The number of ether oxygens (including phenoxy) is 3. The Labute approximate surface area is 198 Å². The Kier molecular flexibility index (Phi) is 6.60. The molecule has 2 heterocycles. The Morgan fingerprint density at radius 3 is 2.44 bits per heavy atom. The Hall–Kier alpha value is -4.18. The van der Waals surface area contributed by atoms with Gasteiger partial charge < -0.3 is 24.5 Å². The number of aromatic nitrogens is 1. The molecule has 3 aromatic rings. The maximum absolute atomic E-state index is 13.8. The molecular formula is C27H27N3O4. The molecule has 0 saturated carbocycles. The molecule has 0 saturated heterocycles. The smallest absolute Gasteiger partial charge is 0.259 e. The summed E-state index contributed by atoms with van der Waals surface area (Å²) in [6, 6.07) is 19.1. The Balaban J connectivity index is 1.91. The summed E-state index contributed by atoms with van der Waals surface area (Å²) in [5.74, 6) is 0.800. The number of nitrogens with zero attached hydrogens (tertiary/aromatic N) is 2. The molecule has 0 aliphatic carbocycles. The van der Waals surface area contributed by atoms with E-state index in [1.165, 1.54) is 0 Å². The summed E-state index contributed by atoms with van der Waals surface area (Å²) in [6.45, 7) is 6.97. The Morgan fingerprint density at radius 1 is 1.06 bits per heavy atom. The van der Waals surface area contributed by atoms with E-state index in [9.17, 15) is 10.1 Å². The van der Waals surface area contributed by atoms with E-state index >= 15 is 0 Å². The first kappa shape index (κ1) is 23.0. The average molecular weight is 458 g/mol. The van der Waals surface area contributed by atoms with Crippen LogP contribution in [0.1, 0.15) is 42.1 Å². The van der Waals surface area contributed by atoms with Gasteiger partial charge in [0.1, 0.15) is 17.4 Å². The molecule has 34 heavy (non-hydrogen) atoms. The van der Waals surface area contributed by atoms with Crippen LogP contribution in [0.2, 0.25) is 0 Å². The van der Waals surface area contributed by atoms with Gasteiger partial charge in [0.2, 0.25) is 5.88 Å². The van der Waals surface area contributed by atoms with Crippen LogP contribution in [0, 0.1) is 18.3 Å². The van der Waals surface area contributed by atoms with Crippen molar-refractivity contribution < 1.29 is 14.2 Å². The van der Waals surface area contributed by atoms with Crippen LogP contribution in [0.25, 0.3) is 0 Å². The molecule has 0 unspecified atom stereocenters. The molecule has 1 aromatic heterocycles. The minimum absolute atomic E-state index is 0.00791. The summed E-state index contributed by atoms with van der Waals surface area (Å²) < 4.78 is 18.9. The molecule has 1 aliphatic heterocycles. The van der Waals surface area contributed by atoms with Crippen molar-refractivity contribution in [3.63, 3.8) is 0 Å². The summed E-state index contributed by atoms with van der Waals surface area (Å²) in [5.41, 5.74) is 8.90. The second-order valence-electron chi connectivity index (χ2n) is 7.94. The number of hydrogen-bond acceptors (Lipinski definition) is 6. The van der Waals surface area contributed by atoms with Crippen LogP contribution in [-0.2, 0) is 6.54 Å². The van der Waals surface area contributed by atoms with Crippen molar-refractivity contribution in [1.29, 1.82) is 5.26 Å². The van der Waals surface area contributed by atoms with Gasteiger partial charge in [-0.25, -0.2) is 0 Å². The Bertz CT molecular complexity index is 1340. The number of allylic oxidation sites excluding steroid dienone is 1. The second-order valence-corrected chi connectivity index (χ2v) is 7.94. The first-order chi connectivity index (χ1) is 16.5. The number of pyridine rings is 1. The summed E-state index contributed by atoms with van der Waals surface area (Å²) in [5, 5.41) is 9.95. The molecule has 7 heteroatoms. The van der Waals surface area contributed by atoms with E-state index in [0.717, 1.165) is 11.3 Å². The number of rotatable bonds is 7. The lowest BCUT2D eigenvalue weighted by atomic mass is 9.83. The van der Waals surface area contributed by atoms with E-state index in [0.29, 0.717) is 48.1 Å². The predicted octanol–water partition coefficient (Wildman–Crippen LogP) is 4.22. The van der Waals surface area contributed by atoms with E-state index in [1.807, 2.05) is 57.2 Å². The van der Waals surface area contributed by atoms with Gasteiger partial charge >= 0.3 is 0 Å². The minimum Gasteiger partial charge on any atom is -0.490 e. The van der Waals surface area contributed by atoms with E-state index < -0.39 is 5.92 Å². The van der Waals surface area contributed by atoms with Gasteiger partial charge in [-0.2, -0.15) is 5.26 Å². The van der Waals surface area contributed by atoms with Crippen molar-refractivity contribution in [2.75, 3.05) is 13.2 Å². The van der Waals surface area contributed by atoms with Gasteiger partial charge in [-0.3, -0.25) is 4.79 Å². The summed E-state index contributed by atoms with van der Waals surface area (Å²) >= 11 is 0. The molecule has 1 aliphatic rings. The fourth-order valence-corrected chi connectivity index (χ4v) is 4.23. The molecule has 0 spiro atoms. The van der Waals surface area contributed by atoms with Gasteiger partial charge in [0.15, 0.2) is 11.5 Å². The van der Waals surface area contributed by atoms with Crippen molar-refractivity contribution >= 4 is 0 Å². The van der Waals surface area contributed by atoms with E-state index in [1.54, 1.807) is 22.8 Å². The Morgan fingerprint density at radius 2 is 1.76 bits per heavy atom. The van der Waals surface area contributed by atoms with Gasteiger partial charge in [-0.05, 0) is 44.0 Å². The quantitative estimate of drug-likeness (QED) is 0.570. The van der Waals surface area contributed by atoms with E-state index in [4.69, 9.17) is 19.9 Å². The van der Waals surface area contributed by atoms with Gasteiger partial charge in [0, 0.05) is 11.8 Å². The zero-order valence-corrected chi connectivity index (χ0v) is 19.5. The fourth-order valence-electron chi connectivity index (χ4n) is 4.23. The van der Waals surface area contributed by atoms with Crippen LogP contribution in [0.15, 0.2) is 70.8 Å². The van der Waals surface area contributed by atoms with Crippen LogP contribution < -0.4 is 25.5 Å². The predicted molar refractivity (Wildman–Crippen MR) is 129 cm³/mol. The third kappa shape index (κ3) is 4.23. The number of hydrogen-bond donors (Lipinski definition) is 1. The molecule has 0 bridgehead atoms. The normalized spacial score (nSPS) is 14.7. The van der Waals surface area contributed by atoms with E-state index in [2.05, 4.69) is 6.07 Å². The molecule has 174 valence electrons. The van der Waals surface area contributed by atoms with Crippen LogP contribution >= 0.6 is 0 Å². The summed E-state index contributed by atoms with van der Waals surface area (Å²) in [7, 11) is 0. The second kappa shape index (κ2) is 9.75. The number of benzene rings is 2. The zero-order valence-electron chi connectivity index (χ0n) is 19.5. The van der Waals surface area contributed by atoms with Crippen molar-refractivity contribution in [3.05, 3.63) is 98.8 Å². The van der Waals surface area contributed by atoms with Gasteiger partial charge in [-0.15, -0.1) is 0 Å². The SMILES string of the molecule is CCOc1ccc([C@@H]2C(C#N)=C(N)Oc3cc(C)n(Cc4ccccc4)c(=O)c32)cc1OCC. The molecule has 1 atom stereocenters. The van der Waals surface area contributed by atoms with Crippen molar-refractivity contribution in [1.82, 2.24) is 4.57 Å². The average Bonchev–Trinajstić information content (AvgIpc) is 2.83. The number of aryl methyl sites for hydroxylation is 1. The monoisotopic (exact) mass is 457 g/mol. The first-order valence-corrected chi connectivity index (χ1v) is 11.2. The maximum Gasteiger partial charge on any atom is 0.259 e. The first-order valence-electron chi connectivity index (χ1n) is 11.2. The summed E-state index contributed by atoms with van der Waals surface area (Å²) in [4.78, 5) is 13.8. The standard InChI is InChI=1S/C27H27N3O4/c1-4-32-21-12-11-19(14-22(21)33-5-2)24-20(15-28)26(29)34-23-13-17(3)30(27(31)25(23)24)16-18-9-7-6-8-10-18/h6-14,24H,4-5,16,29H2,1-3H3/t24-/m1/s1. The summed E-state index contributed by atoms with van der Waals surface area (Å²) in [6.07, 6.45) is 0. The molecule has 0 fully saturated rings. The van der Waals surface area contributed by atoms with Crippen LogP contribution in [-0.4, -0.2) is 17.8 Å². The highest BCUT2D eigenvalue weighted by atomic mass is 16.5. The van der Waals surface area contributed by atoms with Gasteiger partial charge in [0.25, 0.3) is 5.56 Å². The van der Waals surface area contributed by atoms with Crippen molar-refractivity contribution in [2.24, 2.45) is 5.73 Å². The van der Waals surface area contributed by atoms with Gasteiger partial charge in [-0.1, -0.05) is 36.4 Å². The van der Waals surface area contributed by atoms with Crippen LogP contribution in [0.4, 0.5) is 0 Å². The van der Waals surface area contributed by atoms with Crippen LogP contribution in [0.5, 0.6) is 17.2 Å². The molecule has 0 amide bonds. The highest BCUT2D eigenvalue weighted by Crippen LogP contribution is 2.42. The lowest BCUT2D eigenvalue weighted by molar-refractivity contribution is 0.287. The highest BCUT2D eigenvalue weighted by molar-refractivity contribution is 5.57. The van der Waals surface area contributed by atoms with Crippen molar-refractivity contribution in [3.8, 4) is 23.3 Å². The third-order valence-electron chi connectivity index (χ3n) is 5.77. The molecule has 7 nitrogen and oxygen atoms in total. The largest absolute Gasteiger partial charge is 0.490 e. The number of fused-ring (bicyclic) bond motifs is 1. The molecule has 4 rings (SSSR count). The van der Waals surface area contributed by atoms with Gasteiger partial charge in [0.05, 0.1) is 31.2 Å². The fraction of sp³-hybridized carbons (Fsp3) is 0.259.